The van der Waals surface area contributed by atoms with Gasteiger partial charge in [-0.1, -0.05) is 6.07 Å². The van der Waals surface area contributed by atoms with Crippen LogP contribution in [0.3, 0.4) is 0 Å². The Kier molecular flexibility index (Phi) is 4.02. The number of ether oxygens (including phenoxy) is 2. The first-order chi connectivity index (χ1) is 9.17. The molecular formula is C15H17NO3. The fraction of sp³-hybridized carbons (Fsp3) is 0.267. The number of methoxy groups -OCH3 is 2. The smallest absolute Gasteiger partial charge is 0.161 e. The minimum Gasteiger partial charge on any atom is -0.493 e. The maximum Gasteiger partial charge on any atom is 0.161 e. The number of hydrogen-bond donors (Lipinski definition) is 1. The summed E-state index contributed by atoms with van der Waals surface area (Å²) in [5.41, 5.74) is 2.54. The summed E-state index contributed by atoms with van der Waals surface area (Å²) in [6, 6.07) is 7.21. The van der Waals surface area contributed by atoms with E-state index < -0.39 is 6.10 Å². The zero-order valence-corrected chi connectivity index (χ0v) is 11.3. The molecule has 0 bridgehead atoms. The van der Waals surface area contributed by atoms with Crippen molar-refractivity contribution in [1.82, 2.24) is 4.98 Å². The fourth-order valence-corrected chi connectivity index (χ4v) is 1.99. The van der Waals surface area contributed by atoms with Crippen molar-refractivity contribution in [1.29, 1.82) is 0 Å². The second-order valence-electron chi connectivity index (χ2n) is 4.25. The van der Waals surface area contributed by atoms with Crippen molar-refractivity contribution in [2.45, 2.75) is 13.0 Å². The number of aliphatic hydroxyl groups excluding tert-OH is 1. The molecule has 1 N–H and O–H groups in total. The Labute approximate surface area is 112 Å². The van der Waals surface area contributed by atoms with Crippen LogP contribution in [0, 0.1) is 6.92 Å². The molecule has 0 spiro atoms. The van der Waals surface area contributed by atoms with E-state index in [-0.39, 0.29) is 0 Å². The lowest BCUT2D eigenvalue weighted by Gasteiger charge is -2.16. The highest BCUT2D eigenvalue weighted by Gasteiger charge is 2.15. The van der Waals surface area contributed by atoms with Crippen LogP contribution in [-0.2, 0) is 0 Å². The highest BCUT2D eigenvalue weighted by Crippen LogP contribution is 2.32. The number of rotatable bonds is 4. The van der Waals surface area contributed by atoms with Gasteiger partial charge in [0, 0.05) is 12.4 Å². The van der Waals surface area contributed by atoms with Crippen LogP contribution < -0.4 is 9.47 Å². The molecule has 4 heteroatoms. The van der Waals surface area contributed by atoms with E-state index in [2.05, 4.69) is 4.98 Å². The lowest BCUT2D eigenvalue weighted by atomic mass is 9.99. The first kappa shape index (κ1) is 13.4. The van der Waals surface area contributed by atoms with Crippen molar-refractivity contribution in [3.63, 3.8) is 0 Å². The minimum atomic E-state index is -0.706. The molecule has 0 saturated heterocycles. The van der Waals surface area contributed by atoms with E-state index in [0.717, 1.165) is 16.7 Å². The Morgan fingerprint density at radius 2 is 1.84 bits per heavy atom. The monoisotopic (exact) mass is 259 g/mol. The minimum absolute atomic E-state index is 0.603. The molecule has 1 heterocycles. The van der Waals surface area contributed by atoms with Crippen LogP contribution in [0.5, 0.6) is 11.5 Å². The molecule has 0 aliphatic heterocycles. The maximum absolute atomic E-state index is 10.4. The second-order valence-corrected chi connectivity index (χ2v) is 4.25. The largest absolute Gasteiger partial charge is 0.493 e. The van der Waals surface area contributed by atoms with E-state index >= 15 is 0 Å². The lowest BCUT2D eigenvalue weighted by molar-refractivity contribution is 0.218. The first-order valence-electron chi connectivity index (χ1n) is 5.98. The summed E-state index contributed by atoms with van der Waals surface area (Å²) in [7, 11) is 3.16. The molecule has 4 nitrogen and oxygen atoms in total. The molecule has 1 atom stereocenters. The Morgan fingerprint density at radius 3 is 2.47 bits per heavy atom. The summed E-state index contributed by atoms with van der Waals surface area (Å²) in [6.45, 7) is 1.92. The van der Waals surface area contributed by atoms with Gasteiger partial charge in [0.1, 0.15) is 6.10 Å². The molecule has 0 fully saturated rings. The molecule has 100 valence electrons. The average molecular weight is 259 g/mol. The molecule has 2 rings (SSSR count). The quantitative estimate of drug-likeness (QED) is 0.916. The SMILES string of the molecule is COc1ccc(C(O)c2ccncc2C)cc1OC. The molecule has 1 aromatic heterocycles. The Bertz CT molecular complexity index is 569. The molecular weight excluding hydrogens is 242 g/mol. The number of aromatic nitrogens is 1. The van der Waals surface area contributed by atoms with Crippen LogP contribution in [0.25, 0.3) is 0 Å². The molecule has 0 amide bonds. The van der Waals surface area contributed by atoms with E-state index in [9.17, 15) is 5.11 Å². The third-order valence-electron chi connectivity index (χ3n) is 3.08. The van der Waals surface area contributed by atoms with Crippen LogP contribution in [-0.4, -0.2) is 24.3 Å². The van der Waals surface area contributed by atoms with Gasteiger partial charge in [0.25, 0.3) is 0 Å². The second kappa shape index (κ2) is 5.71. The highest BCUT2D eigenvalue weighted by atomic mass is 16.5. The van der Waals surface area contributed by atoms with Crippen LogP contribution in [0.15, 0.2) is 36.7 Å². The summed E-state index contributed by atoms with van der Waals surface area (Å²) in [4.78, 5) is 4.03. The van der Waals surface area contributed by atoms with Gasteiger partial charge >= 0.3 is 0 Å². The predicted octanol–water partition coefficient (Wildman–Crippen LogP) is 2.49. The standard InChI is InChI=1S/C15H17NO3/c1-10-9-16-7-6-12(10)15(17)11-4-5-13(18-2)14(8-11)19-3/h4-9,15,17H,1-3H3. The van der Waals surface area contributed by atoms with Gasteiger partial charge in [0.2, 0.25) is 0 Å². The van der Waals surface area contributed by atoms with E-state index in [1.807, 2.05) is 19.1 Å². The summed E-state index contributed by atoms with van der Waals surface area (Å²) >= 11 is 0. The summed E-state index contributed by atoms with van der Waals surface area (Å²) in [5.74, 6) is 1.25. The van der Waals surface area contributed by atoms with Crippen molar-refractivity contribution >= 4 is 0 Å². The first-order valence-corrected chi connectivity index (χ1v) is 5.98. The normalized spacial score (nSPS) is 12.0. The molecule has 0 aliphatic carbocycles. The van der Waals surface area contributed by atoms with Gasteiger partial charge in [-0.25, -0.2) is 0 Å². The zero-order valence-electron chi connectivity index (χ0n) is 11.3. The van der Waals surface area contributed by atoms with Gasteiger partial charge in [0.05, 0.1) is 14.2 Å². The summed E-state index contributed by atoms with van der Waals surface area (Å²) < 4.78 is 10.4. The molecule has 0 aliphatic rings. The number of aryl methyl sites for hydroxylation is 1. The van der Waals surface area contributed by atoms with Gasteiger partial charge < -0.3 is 14.6 Å². The van der Waals surface area contributed by atoms with E-state index in [1.165, 1.54) is 0 Å². The Morgan fingerprint density at radius 1 is 1.11 bits per heavy atom. The topological polar surface area (TPSA) is 51.6 Å². The Balaban J connectivity index is 2.39. The van der Waals surface area contributed by atoms with E-state index in [4.69, 9.17) is 9.47 Å². The number of hydrogen-bond acceptors (Lipinski definition) is 4. The summed E-state index contributed by atoms with van der Waals surface area (Å²) in [5, 5.41) is 10.4. The number of pyridine rings is 1. The highest BCUT2D eigenvalue weighted by molar-refractivity contribution is 5.45. The van der Waals surface area contributed by atoms with Crippen LogP contribution in [0.1, 0.15) is 22.8 Å². The third kappa shape index (κ3) is 2.69. The molecule has 1 unspecified atom stereocenters. The van der Waals surface area contributed by atoms with Gasteiger partial charge in [-0.3, -0.25) is 4.98 Å². The van der Waals surface area contributed by atoms with Gasteiger partial charge in [-0.15, -0.1) is 0 Å². The van der Waals surface area contributed by atoms with Crippen molar-refractivity contribution in [2.75, 3.05) is 14.2 Å². The van der Waals surface area contributed by atoms with Crippen molar-refractivity contribution in [3.8, 4) is 11.5 Å². The summed E-state index contributed by atoms with van der Waals surface area (Å²) in [6.07, 6.45) is 2.70. The van der Waals surface area contributed by atoms with Crippen molar-refractivity contribution in [2.24, 2.45) is 0 Å². The molecule has 19 heavy (non-hydrogen) atoms. The average Bonchev–Trinajstić information content (AvgIpc) is 2.46. The van der Waals surface area contributed by atoms with Crippen molar-refractivity contribution < 1.29 is 14.6 Å². The van der Waals surface area contributed by atoms with Gasteiger partial charge in [-0.05, 0) is 41.8 Å². The predicted molar refractivity (Wildman–Crippen MR) is 72.6 cm³/mol. The molecule has 0 saturated carbocycles. The van der Waals surface area contributed by atoms with Crippen LogP contribution >= 0.6 is 0 Å². The van der Waals surface area contributed by atoms with Crippen LogP contribution in [0.4, 0.5) is 0 Å². The van der Waals surface area contributed by atoms with E-state index in [1.54, 1.807) is 38.7 Å². The molecule has 1 aromatic carbocycles. The third-order valence-corrected chi connectivity index (χ3v) is 3.08. The van der Waals surface area contributed by atoms with Crippen molar-refractivity contribution in [3.05, 3.63) is 53.3 Å². The number of benzene rings is 1. The fourth-order valence-electron chi connectivity index (χ4n) is 1.99. The molecule has 0 radical (unpaired) electrons. The van der Waals surface area contributed by atoms with Crippen LogP contribution in [0.2, 0.25) is 0 Å². The van der Waals surface area contributed by atoms with Gasteiger partial charge in [0.15, 0.2) is 11.5 Å². The molecule has 2 aromatic rings. The maximum atomic E-state index is 10.4. The zero-order chi connectivity index (χ0) is 13.8. The van der Waals surface area contributed by atoms with E-state index in [0.29, 0.717) is 11.5 Å². The number of aliphatic hydroxyl groups is 1. The Hall–Kier alpha value is -2.07. The number of nitrogens with zero attached hydrogens (tertiary/aromatic N) is 1. The van der Waals surface area contributed by atoms with Gasteiger partial charge in [-0.2, -0.15) is 0 Å². The lowest BCUT2D eigenvalue weighted by Crippen LogP contribution is -2.03.